The molecule has 21 heteroatoms. The van der Waals surface area contributed by atoms with Crippen LogP contribution in [0.5, 0.6) is 23.0 Å². The van der Waals surface area contributed by atoms with Crippen LogP contribution in [0.15, 0.2) is 86.3 Å². The predicted octanol–water partition coefficient (Wildman–Crippen LogP) is 7.64. The largest absolute Gasteiger partial charge is 0.491 e. The first kappa shape index (κ1) is 49.2. The summed E-state index contributed by atoms with van der Waals surface area (Å²) < 4.78 is 30.1. The van der Waals surface area contributed by atoms with Crippen LogP contribution in [0.4, 0.5) is 0 Å². The molecule has 70 heavy (non-hydrogen) atoms. The molecule has 0 saturated heterocycles. The highest BCUT2D eigenvalue weighted by Gasteiger charge is 2.25. The Bertz CT molecular complexity index is 3100. The lowest BCUT2D eigenvalue weighted by atomic mass is 10.1. The molecule has 0 atom stereocenters. The molecule has 0 fully saturated rings. The second kappa shape index (κ2) is 21.5. The van der Waals surface area contributed by atoms with Crippen molar-refractivity contribution in [3.05, 3.63) is 143 Å². The molecule has 0 radical (unpaired) electrons. The summed E-state index contributed by atoms with van der Waals surface area (Å²) in [6.07, 6.45) is 23.9. The fraction of sp³-hybridized carbons (Fsp3) is 0.224. The molecule has 20 nitrogen and oxygen atoms in total. The van der Waals surface area contributed by atoms with E-state index in [1.54, 1.807) is 55.5 Å². The molecule has 12 rings (SSSR count). The summed E-state index contributed by atoms with van der Waals surface area (Å²) in [7, 11) is 0. The number of nitrogens with zero attached hydrogens (tertiary/aromatic N) is 12. The first-order valence-corrected chi connectivity index (χ1v) is 21.8. The average Bonchev–Trinajstić information content (AvgIpc) is 4.21. The SMILES string of the molecule is C.C.Cc1cn(-c2ccc(C=O)c3c2OCO3)cn1.Cc1cn(-c2cnc(C=O)c3c2CCO3)cn1.Cc1cn(-c2cnc(C=O)c3c2OCC3)cn1.Cc1cn(-c2ncc(C=O)c3ncsc23)cn1. The Morgan fingerprint density at radius 2 is 1.04 bits per heavy atom. The van der Waals surface area contributed by atoms with Crippen molar-refractivity contribution >= 4 is 46.7 Å². The number of aryl methyl sites for hydroxylation is 4. The lowest BCUT2D eigenvalue weighted by Crippen LogP contribution is -1.99. The summed E-state index contributed by atoms with van der Waals surface area (Å²) in [5, 5.41) is 0. The van der Waals surface area contributed by atoms with Crippen molar-refractivity contribution in [2.24, 2.45) is 0 Å². The Kier molecular flexibility index (Phi) is 15.1. The first-order chi connectivity index (χ1) is 33.2. The lowest BCUT2D eigenvalue weighted by Gasteiger charge is -2.08. The van der Waals surface area contributed by atoms with Crippen LogP contribution >= 0.6 is 11.3 Å². The van der Waals surface area contributed by atoms with Crippen molar-refractivity contribution in [1.82, 2.24) is 58.1 Å². The number of hydrogen-bond donors (Lipinski definition) is 0. The van der Waals surface area contributed by atoms with Crippen LogP contribution in [0.2, 0.25) is 0 Å². The van der Waals surface area contributed by atoms with Gasteiger partial charge in [-0.1, -0.05) is 14.9 Å². The quantitative estimate of drug-likeness (QED) is 0.133. The second-order valence-electron chi connectivity index (χ2n) is 15.3. The number of fused-ring (bicyclic) bond motifs is 4. The van der Waals surface area contributed by atoms with Gasteiger partial charge < -0.3 is 32.6 Å². The maximum Gasteiger partial charge on any atom is 0.231 e. The van der Waals surface area contributed by atoms with Crippen LogP contribution in [0.3, 0.4) is 0 Å². The van der Waals surface area contributed by atoms with E-state index in [1.807, 2.05) is 76.8 Å². The van der Waals surface area contributed by atoms with Gasteiger partial charge in [0, 0.05) is 55.0 Å². The standard InChI is InChI=1S/2C12H11N3O2.C12H10N2O3.C11H8N4OS.2CH4/c1-8-5-15(7-14-8)11-4-13-10(6-16)12-9(11)2-3-17-12;1-8-5-15(7-14-8)11-4-13-10(6-16)9-2-3-17-12(9)11;1-8-4-14(6-13-8)10-3-2-9(5-15)11-12(10)17-7-16-11;1-7-3-15(5-13-7)11-10-9(14-6-17-10)8(4-16)2-12-11;;/h2*4-7H,2-3H2,1H3;2-6H,7H2,1H3;2-6H,1H3;2*1H4. The predicted molar refractivity (Wildman–Crippen MR) is 259 cm³/mol. The van der Waals surface area contributed by atoms with Gasteiger partial charge in [-0.2, -0.15) is 0 Å². The maximum atomic E-state index is 10.9. The van der Waals surface area contributed by atoms with Crippen LogP contribution in [0.1, 0.15) is 90.4 Å². The normalized spacial score (nSPS) is 12.2. The molecule has 0 spiro atoms. The van der Waals surface area contributed by atoms with Gasteiger partial charge >= 0.3 is 0 Å². The zero-order valence-electron chi connectivity index (χ0n) is 37.0. The van der Waals surface area contributed by atoms with E-state index in [-0.39, 0.29) is 21.6 Å². The summed E-state index contributed by atoms with van der Waals surface area (Å²) in [6.45, 7) is 9.02. The summed E-state index contributed by atoms with van der Waals surface area (Å²) in [4.78, 5) is 76.9. The van der Waals surface area contributed by atoms with E-state index in [2.05, 4.69) is 39.9 Å². The number of rotatable bonds is 8. The topological polar surface area (TPSA) is 228 Å². The van der Waals surface area contributed by atoms with Gasteiger partial charge in [0.2, 0.25) is 6.79 Å². The third-order valence-electron chi connectivity index (χ3n) is 10.8. The molecule has 3 aliphatic rings. The van der Waals surface area contributed by atoms with Crippen LogP contribution in [0.25, 0.3) is 33.1 Å². The van der Waals surface area contributed by atoms with E-state index in [0.29, 0.717) is 58.5 Å². The Hall–Kier alpha value is -8.72. The highest BCUT2D eigenvalue weighted by Crippen LogP contribution is 2.40. The molecular weight excluding hydrogens is 917 g/mol. The molecule has 3 aliphatic heterocycles. The average molecular weight is 965 g/mol. The van der Waals surface area contributed by atoms with E-state index in [9.17, 15) is 19.2 Å². The molecule has 9 aromatic rings. The zero-order valence-corrected chi connectivity index (χ0v) is 37.8. The number of pyridine rings is 3. The Balaban J connectivity index is 0.000000136. The minimum absolute atomic E-state index is 0. The number of imidazole rings is 4. The monoisotopic (exact) mass is 964 g/mol. The molecular formula is C49H48N12O8S. The second-order valence-corrected chi connectivity index (χ2v) is 16.2. The zero-order chi connectivity index (χ0) is 47.3. The number of aldehydes is 4. The minimum Gasteiger partial charge on any atom is -0.491 e. The summed E-state index contributed by atoms with van der Waals surface area (Å²) >= 11 is 1.47. The molecule has 0 unspecified atom stereocenters. The third-order valence-corrected chi connectivity index (χ3v) is 11.6. The highest BCUT2D eigenvalue weighted by molar-refractivity contribution is 7.17. The van der Waals surface area contributed by atoms with Gasteiger partial charge in [-0.25, -0.2) is 34.9 Å². The Labute approximate surface area is 405 Å². The minimum atomic E-state index is 0. The van der Waals surface area contributed by atoms with Gasteiger partial charge in [-0.15, -0.1) is 11.3 Å². The number of hydrogen-bond acceptors (Lipinski definition) is 17. The van der Waals surface area contributed by atoms with E-state index >= 15 is 0 Å². The molecule has 11 heterocycles. The van der Waals surface area contributed by atoms with Gasteiger partial charge in [0.25, 0.3) is 0 Å². The molecule has 358 valence electrons. The maximum absolute atomic E-state index is 10.9. The van der Waals surface area contributed by atoms with Crippen molar-refractivity contribution in [2.75, 3.05) is 20.0 Å². The molecule has 0 amide bonds. The summed E-state index contributed by atoms with van der Waals surface area (Å²) in [5.41, 5.74) is 12.5. The molecule has 0 saturated carbocycles. The first-order valence-electron chi connectivity index (χ1n) is 21.0. The number of thiazole rings is 1. The summed E-state index contributed by atoms with van der Waals surface area (Å²) in [6, 6.07) is 3.53. The van der Waals surface area contributed by atoms with Crippen LogP contribution in [-0.2, 0) is 12.8 Å². The van der Waals surface area contributed by atoms with Crippen molar-refractivity contribution in [2.45, 2.75) is 55.4 Å². The molecule has 0 N–H and O–H groups in total. The fourth-order valence-corrected chi connectivity index (χ4v) is 8.42. The number of ether oxygens (including phenoxy) is 4. The van der Waals surface area contributed by atoms with E-state index in [1.165, 1.54) is 11.3 Å². The molecule has 8 aromatic heterocycles. The summed E-state index contributed by atoms with van der Waals surface area (Å²) in [5.74, 6) is 3.22. The van der Waals surface area contributed by atoms with Crippen LogP contribution < -0.4 is 18.9 Å². The number of carbonyl (C=O) groups excluding carboxylic acids is 4. The van der Waals surface area contributed by atoms with Gasteiger partial charge in [-0.3, -0.25) is 28.7 Å². The Morgan fingerprint density at radius 1 is 0.500 bits per heavy atom. The highest BCUT2D eigenvalue weighted by atomic mass is 32.1. The van der Waals surface area contributed by atoms with E-state index < -0.39 is 0 Å². The van der Waals surface area contributed by atoms with Crippen LogP contribution in [-0.4, -0.2) is 103 Å². The molecule has 0 aliphatic carbocycles. The molecule has 1 aromatic carbocycles. The van der Waals surface area contributed by atoms with Crippen LogP contribution in [0, 0.1) is 27.7 Å². The van der Waals surface area contributed by atoms with Crippen molar-refractivity contribution in [3.63, 3.8) is 0 Å². The van der Waals surface area contributed by atoms with Gasteiger partial charge in [0.1, 0.15) is 23.4 Å². The van der Waals surface area contributed by atoms with Crippen molar-refractivity contribution < 1.29 is 38.1 Å². The van der Waals surface area contributed by atoms with Gasteiger partial charge in [0.05, 0.1) is 106 Å². The van der Waals surface area contributed by atoms with Gasteiger partial charge in [-0.05, 0) is 39.8 Å². The van der Waals surface area contributed by atoms with E-state index in [0.717, 1.165) is 105 Å². The van der Waals surface area contributed by atoms with Crippen molar-refractivity contribution in [1.29, 1.82) is 0 Å². The molecule has 0 bridgehead atoms. The number of carbonyl (C=O) groups is 4. The smallest absolute Gasteiger partial charge is 0.231 e. The van der Waals surface area contributed by atoms with Crippen molar-refractivity contribution in [3.8, 4) is 45.9 Å². The number of aromatic nitrogens is 12. The van der Waals surface area contributed by atoms with E-state index in [4.69, 9.17) is 18.9 Å². The third kappa shape index (κ3) is 9.81. The Morgan fingerprint density at radius 3 is 1.64 bits per heavy atom. The number of benzene rings is 1. The lowest BCUT2D eigenvalue weighted by molar-refractivity contribution is 0.110. The van der Waals surface area contributed by atoms with Gasteiger partial charge in [0.15, 0.2) is 54.0 Å². The fourth-order valence-electron chi connectivity index (χ4n) is 7.61.